The van der Waals surface area contributed by atoms with Gasteiger partial charge in [-0.1, -0.05) is 20.3 Å². The zero-order valence-corrected chi connectivity index (χ0v) is 14.6. The molecule has 21 heavy (non-hydrogen) atoms. The van der Waals surface area contributed by atoms with Crippen molar-refractivity contribution in [2.24, 2.45) is 17.3 Å². The van der Waals surface area contributed by atoms with Gasteiger partial charge in [0.1, 0.15) is 5.60 Å². The minimum atomic E-state index is -0.363. The molecule has 2 atom stereocenters. The van der Waals surface area contributed by atoms with E-state index in [0.717, 1.165) is 5.92 Å². The molecule has 2 fully saturated rings. The van der Waals surface area contributed by atoms with Crippen LogP contribution in [0.25, 0.3) is 0 Å². The lowest BCUT2D eigenvalue weighted by molar-refractivity contribution is -0.161. The van der Waals surface area contributed by atoms with E-state index in [1.165, 1.54) is 45.3 Å². The summed E-state index contributed by atoms with van der Waals surface area (Å²) in [5.41, 5.74) is -0.0907. The van der Waals surface area contributed by atoms with E-state index in [-0.39, 0.29) is 17.0 Å². The van der Waals surface area contributed by atoms with Gasteiger partial charge in [0.25, 0.3) is 0 Å². The fraction of sp³-hybridized carbons (Fsp3) is 0.944. The summed E-state index contributed by atoms with van der Waals surface area (Å²) in [4.78, 5) is 14.6. The second-order valence-electron chi connectivity index (χ2n) is 8.60. The van der Waals surface area contributed by atoms with E-state index >= 15 is 0 Å². The molecule has 0 N–H and O–H groups in total. The third-order valence-electron chi connectivity index (χ3n) is 5.43. The number of carbonyl (C=O) groups is 1. The van der Waals surface area contributed by atoms with Crippen molar-refractivity contribution in [1.82, 2.24) is 4.90 Å². The third kappa shape index (κ3) is 4.45. The summed E-state index contributed by atoms with van der Waals surface area (Å²) in [5.74, 6) is 1.20. The van der Waals surface area contributed by atoms with Gasteiger partial charge in [0.15, 0.2) is 0 Å². The smallest absolute Gasteiger partial charge is 0.306 e. The summed E-state index contributed by atoms with van der Waals surface area (Å²) in [6.07, 6.45) is 5.87. The molecule has 0 spiro atoms. The molecule has 0 unspecified atom stereocenters. The summed E-state index contributed by atoms with van der Waals surface area (Å²) in [5, 5.41) is 0. The van der Waals surface area contributed by atoms with Crippen molar-refractivity contribution in [3.8, 4) is 0 Å². The zero-order valence-electron chi connectivity index (χ0n) is 14.6. The molecule has 1 saturated carbocycles. The Morgan fingerprint density at radius 3 is 2.29 bits per heavy atom. The first-order chi connectivity index (χ1) is 9.68. The molecule has 0 amide bonds. The summed E-state index contributed by atoms with van der Waals surface area (Å²) >= 11 is 0. The number of esters is 1. The van der Waals surface area contributed by atoms with Crippen molar-refractivity contribution in [1.29, 1.82) is 0 Å². The van der Waals surface area contributed by atoms with E-state index in [4.69, 9.17) is 4.74 Å². The van der Waals surface area contributed by atoms with E-state index in [2.05, 4.69) is 18.7 Å². The lowest BCUT2D eigenvalue weighted by Gasteiger charge is -2.54. The standard InChI is InChI=1S/C18H33NO2/c1-17(2,3)21-16(20)12-14-11-15(18(14,4)5)13-19-9-7-6-8-10-19/h14-15H,6-13H2,1-5H3/t14-,15+/m1/s1. The van der Waals surface area contributed by atoms with Gasteiger partial charge in [-0.3, -0.25) is 4.79 Å². The second-order valence-corrected chi connectivity index (χ2v) is 8.60. The maximum absolute atomic E-state index is 12.0. The number of ether oxygens (including phenoxy) is 1. The van der Waals surface area contributed by atoms with Gasteiger partial charge in [-0.05, 0) is 70.4 Å². The number of carbonyl (C=O) groups excluding carboxylic acids is 1. The van der Waals surface area contributed by atoms with Crippen molar-refractivity contribution >= 4 is 5.97 Å². The van der Waals surface area contributed by atoms with E-state index in [1.54, 1.807) is 0 Å². The van der Waals surface area contributed by atoms with Crippen molar-refractivity contribution in [2.75, 3.05) is 19.6 Å². The fourth-order valence-corrected chi connectivity index (χ4v) is 3.82. The minimum Gasteiger partial charge on any atom is -0.460 e. The predicted molar refractivity (Wildman–Crippen MR) is 86.1 cm³/mol. The van der Waals surface area contributed by atoms with Crippen molar-refractivity contribution in [3.05, 3.63) is 0 Å². The van der Waals surface area contributed by atoms with E-state index < -0.39 is 0 Å². The molecule has 0 aromatic rings. The van der Waals surface area contributed by atoms with Gasteiger partial charge < -0.3 is 9.64 Å². The summed E-state index contributed by atoms with van der Waals surface area (Å²) < 4.78 is 5.47. The van der Waals surface area contributed by atoms with Gasteiger partial charge in [-0.25, -0.2) is 0 Å². The third-order valence-corrected chi connectivity index (χ3v) is 5.43. The summed E-state index contributed by atoms with van der Waals surface area (Å²) in [7, 11) is 0. The van der Waals surface area contributed by atoms with Gasteiger partial charge in [0, 0.05) is 13.0 Å². The van der Waals surface area contributed by atoms with E-state index in [1.807, 2.05) is 20.8 Å². The molecule has 122 valence electrons. The van der Waals surface area contributed by atoms with Crippen LogP contribution in [0.2, 0.25) is 0 Å². The highest BCUT2D eigenvalue weighted by atomic mass is 16.6. The number of likely N-dealkylation sites (tertiary alicyclic amines) is 1. The van der Waals surface area contributed by atoms with Gasteiger partial charge in [-0.2, -0.15) is 0 Å². The molecule has 2 rings (SSSR count). The highest BCUT2D eigenvalue weighted by molar-refractivity contribution is 5.70. The first-order valence-electron chi connectivity index (χ1n) is 8.62. The largest absolute Gasteiger partial charge is 0.460 e. The van der Waals surface area contributed by atoms with Gasteiger partial charge in [-0.15, -0.1) is 0 Å². The molecule has 1 heterocycles. The summed E-state index contributed by atoms with van der Waals surface area (Å²) in [6, 6.07) is 0. The van der Waals surface area contributed by atoms with Crippen molar-refractivity contribution in [3.63, 3.8) is 0 Å². The Hall–Kier alpha value is -0.570. The average molecular weight is 295 g/mol. The Labute approximate surface area is 130 Å². The average Bonchev–Trinajstić information content (AvgIpc) is 2.36. The van der Waals surface area contributed by atoms with Crippen LogP contribution >= 0.6 is 0 Å². The van der Waals surface area contributed by atoms with E-state index in [9.17, 15) is 4.79 Å². The molecule has 3 heteroatoms. The highest BCUT2D eigenvalue weighted by Gasteiger charge is 2.49. The van der Waals surface area contributed by atoms with Gasteiger partial charge in [0.05, 0.1) is 0 Å². The molecule has 0 aromatic heterocycles. The van der Waals surface area contributed by atoms with Crippen LogP contribution in [0.4, 0.5) is 0 Å². The van der Waals surface area contributed by atoms with Crippen LogP contribution in [0.3, 0.4) is 0 Å². The quantitative estimate of drug-likeness (QED) is 0.737. The Morgan fingerprint density at radius 2 is 1.76 bits per heavy atom. The van der Waals surface area contributed by atoms with Crippen LogP contribution in [-0.4, -0.2) is 36.1 Å². The number of hydrogen-bond donors (Lipinski definition) is 0. The molecule has 1 saturated heterocycles. The number of hydrogen-bond acceptors (Lipinski definition) is 3. The van der Waals surface area contributed by atoms with Gasteiger partial charge in [0.2, 0.25) is 0 Å². The molecular formula is C18H33NO2. The van der Waals surface area contributed by atoms with Crippen LogP contribution < -0.4 is 0 Å². The molecule has 0 bridgehead atoms. The lowest BCUT2D eigenvalue weighted by atomic mass is 9.53. The molecule has 2 aliphatic rings. The lowest BCUT2D eigenvalue weighted by Crippen LogP contribution is -2.51. The minimum absolute atomic E-state index is 0.0306. The number of rotatable bonds is 4. The van der Waals surface area contributed by atoms with Crippen LogP contribution in [0.5, 0.6) is 0 Å². The monoisotopic (exact) mass is 295 g/mol. The number of nitrogens with zero attached hydrogens (tertiary/aromatic N) is 1. The molecular weight excluding hydrogens is 262 g/mol. The molecule has 3 nitrogen and oxygen atoms in total. The fourth-order valence-electron chi connectivity index (χ4n) is 3.82. The first-order valence-corrected chi connectivity index (χ1v) is 8.62. The van der Waals surface area contributed by atoms with Crippen LogP contribution in [0.15, 0.2) is 0 Å². The topological polar surface area (TPSA) is 29.5 Å². The van der Waals surface area contributed by atoms with Gasteiger partial charge >= 0.3 is 5.97 Å². The van der Waals surface area contributed by atoms with Crippen molar-refractivity contribution in [2.45, 2.75) is 72.3 Å². The maximum Gasteiger partial charge on any atom is 0.306 e. The Bertz CT molecular complexity index is 364. The van der Waals surface area contributed by atoms with E-state index in [0.29, 0.717) is 12.3 Å². The molecule has 0 aromatic carbocycles. The van der Waals surface area contributed by atoms with Crippen LogP contribution in [0, 0.1) is 17.3 Å². The van der Waals surface area contributed by atoms with Crippen LogP contribution in [0.1, 0.15) is 66.7 Å². The first kappa shape index (κ1) is 16.8. The SMILES string of the molecule is CC(C)(C)OC(=O)C[C@H]1C[C@@H](CN2CCCCC2)C1(C)C. The van der Waals surface area contributed by atoms with Crippen LogP contribution in [-0.2, 0) is 9.53 Å². The summed E-state index contributed by atoms with van der Waals surface area (Å²) in [6.45, 7) is 14.2. The zero-order chi connectivity index (χ0) is 15.7. The Kier molecular flexibility index (Phi) is 5.02. The highest BCUT2D eigenvalue weighted by Crippen LogP contribution is 2.53. The Morgan fingerprint density at radius 1 is 1.14 bits per heavy atom. The molecule has 1 aliphatic carbocycles. The maximum atomic E-state index is 12.0. The molecule has 1 aliphatic heterocycles. The van der Waals surface area contributed by atoms with Crippen molar-refractivity contribution < 1.29 is 9.53 Å². The second kappa shape index (κ2) is 6.28. The Balaban J connectivity index is 1.79. The number of piperidine rings is 1. The predicted octanol–water partition coefficient (Wildman–Crippen LogP) is 3.87. The molecule has 0 radical (unpaired) electrons. The normalized spacial score (nSPS) is 29.8.